The largest absolute Gasteiger partial charge is 0.310 e. The van der Waals surface area contributed by atoms with Crippen molar-refractivity contribution >= 4 is 17.3 Å². The van der Waals surface area contributed by atoms with Gasteiger partial charge < -0.3 is 5.32 Å². The molecular weight excluding hydrogens is 264 g/mol. The molecule has 3 heterocycles. The van der Waals surface area contributed by atoms with Crippen LogP contribution < -0.4 is 5.32 Å². The molecule has 102 valence electrons. The van der Waals surface area contributed by atoms with Gasteiger partial charge in [-0.15, -0.1) is 0 Å². The summed E-state index contributed by atoms with van der Waals surface area (Å²) in [6.07, 6.45) is 7.12. The Bertz CT molecular complexity index is 864. The van der Waals surface area contributed by atoms with Crippen molar-refractivity contribution in [1.82, 2.24) is 24.6 Å². The Morgan fingerprint density at radius 2 is 1.95 bits per heavy atom. The summed E-state index contributed by atoms with van der Waals surface area (Å²) in [6.45, 7) is 0. The Morgan fingerprint density at radius 1 is 1.05 bits per heavy atom. The lowest BCUT2D eigenvalue weighted by atomic mass is 10.1. The van der Waals surface area contributed by atoms with Crippen molar-refractivity contribution in [2.75, 3.05) is 5.32 Å². The number of anilines is 2. The summed E-state index contributed by atoms with van der Waals surface area (Å²) in [6, 6.07) is 12.0. The van der Waals surface area contributed by atoms with E-state index in [1.807, 2.05) is 41.1 Å². The van der Waals surface area contributed by atoms with Gasteiger partial charge in [0.05, 0.1) is 17.9 Å². The molecule has 4 aromatic rings. The van der Waals surface area contributed by atoms with E-state index in [4.69, 9.17) is 0 Å². The first-order chi connectivity index (χ1) is 10.4. The van der Waals surface area contributed by atoms with Crippen LogP contribution in [0.3, 0.4) is 0 Å². The number of fused-ring (bicyclic) bond motifs is 1. The molecule has 0 radical (unpaired) electrons. The molecule has 0 unspecified atom stereocenters. The molecule has 2 N–H and O–H groups in total. The average Bonchev–Trinajstić information content (AvgIpc) is 3.19. The zero-order valence-electron chi connectivity index (χ0n) is 11.1. The number of aromatic amines is 1. The normalized spacial score (nSPS) is 10.9. The molecule has 21 heavy (non-hydrogen) atoms. The lowest BCUT2D eigenvalue weighted by Crippen LogP contribution is -2.01. The van der Waals surface area contributed by atoms with E-state index in [0.29, 0.717) is 5.95 Å². The molecule has 0 aliphatic heterocycles. The molecular formula is C15H12N6. The number of imidazole rings is 1. The predicted molar refractivity (Wildman–Crippen MR) is 80.3 cm³/mol. The second kappa shape index (κ2) is 4.75. The number of aromatic nitrogens is 5. The van der Waals surface area contributed by atoms with E-state index >= 15 is 0 Å². The molecule has 6 heteroatoms. The van der Waals surface area contributed by atoms with Gasteiger partial charge in [-0.2, -0.15) is 5.10 Å². The molecule has 4 rings (SSSR count). The van der Waals surface area contributed by atoms with Gasteiger partial charge in [0.15, 0.2) is 0 Å². The first-order valence-corrected chi connectivity index (χ1v) is 6.55. The summed E-state index contributed by atoms with van der Waals surface area (Å²) >= 11 is 0. The van der Waals surface area contributed by atoms with Crippen molar-refractivity contribution in [2.45, 2.75) is 0 Å². The van der Waals surface area contributed by atoms with Crippen LogP contribution in [0.15, 0.2) is 61.3 Å². The van der Waals surface area contributed by atoms with Crippen LogP contribution in [-0.2, 0) is 0 Å². The van der Waals surface area contributed by atoms with Crippen LogP contribution in [0.2, 0.25) is 0 Å². The van der Waals surface area contributed by atoms with Crippen LogP contribution in [0.25, 0.3) is 16.6 Å². The zero-order valence-corrected chi connectivity index (χ0v) is 11.1. The minimum atomic E-state index is 0.687. The van der Waals surface area contributed by atoms with Crippen LogP contribution in [0.4, 0.5) is 11.8 Å². The first kappa shape index (κ1) is 11.7. The predicted octanol–water partition coefficient (Wildman–Crippen LogP) is 2.86. The number of H-pyrrole nitrogens is 1. The number of rotatable bonds is 3. The molecule has 0 aliphatic carbocycles. The van der Waals surface area contributed by atoms with Crippen LogP contribution in [0.1, 0.15) is 0 Å². The summed E-state index contributed by atoms with van der Waals surface area (Å²) < 4.78 is 1.92. The number of benzene rings is 1. The highest BCUT2D eigenvalue weighted by molar-refractivity contribution is 5.80. The molecule has 0 saturated carbocycles. The molecule has 6 nitrogen and oxygen atoms in total. The average molecular weight is 276 g/mol. The van der Waals surface area contributed by atoms with Gasteiger partial charge in [-0.3, -0.25) is 9.50 Å². The highest BCUT2D eigenvalue weighted by Crippen LogP contribution is 2.26. The van der Waals surface area contributed by atoms with Gasteiger partial charge >= 0.3 is 0 Å². The number of nitrogens with zero attached hydrogens (tertiary/aromatic N) is 4. The maximum Gasteiger partial charge on any atom is 0.214 e. The Kier molecular flexibility index (Phi) is 2.64. The van der Waals surface area contributed by atoms with Gasteiger partial charge in [-0.05, 0) is 5.56 Å². The number of nitrogens with one attached hydrogen (secondary N) is 2. The van der Waals surface area contributed by atoms with E-state index in [1.165, 1.54) is 0 Å². The van der Waals surface area contributed by atoms with E-state index in [9.17, 15) is 0 Å². The SMILES string of the molecule is c1ccc(-c2cnc(Nc3ccn[nH]3)n3cncc23)cc1. The van der Waals surface area contributed by atoms with Crippen molar-refractivity contribution in [1.29, 1.82) is 0 Å². The van der Waals surface area contributed by atoms with Crippen molar-refractivity contribution in [3.63, 3.8) is 0 Å². The lowest BCUT2D eigenvalue weighted by Gasteiger charge is -2.09. The smallest absolute Gasteiger partial charge is 0.214 e. The van der Waals surface area contributed by atoms with Gasteiger partial charge in [0.1, 0.15) is 12.1 Å². The third kappa shape index (κ3) is 2.02. The van der Waals surface area contributed by atoms with Crippen molar-refractivity contribution in [2.24, 2.45) is 0 Å². The Morgan fingerprint density at radius 3 is 2.76 bits per heavy atom. The van der Waals surface area contributed by atoms with Gasteiger partial charge in [0.25, 0.3) is 0 Å². The minimum absolute atomic E-state index is 0.687. The monoisotopic (exact) mass is 276 g/mol. The quantitative estimate of drug-likeness (QED) is 0.603. The number of hydrogen-bond acceptors (Lipinski definition) is 4. The van der Waals surface area contributed by atoms with Crippen molar-refractivity contribution in [3.05, 3.63) is 61.3 Å². The van der Waals surface area contributed by atoms with Gasteiger partial charge in [0, 0.05) is 17.8 Å². The van der Waals surface area contributed by atoms with E-state index < -0.39 is 0 Å². The van der Waals surface area contributed by atoms with Crippen molar-refractivity contribution < 1.29 is 0 Å². The van der Waals surface area contributed by atoms with E-state index in [1.54, 1.807) is 12.5 Å². The fourth-order valence-electron chi connectivity index (χ4n) is 2.30. The highest BCUT2D eigenvalue weighted by Gasteiger charge is 2.09. The number of hydrogen-bond donors (Lipinski definition) is 2. The molecule has 1 aromatic carbocycles. The summed E-state index contributed by atoms with van der Waals surface area (Å²) in [5.41, 5.74) is 3.16. The lowest BCUT2D eigenvalue weighted by molar-refractivity contribution is 1.05. The molecule has 0 spiro atoms. The molecule has 0 atom stereocenters. The molecule has 0 bridgehead atoms. The Balaban J connectivity index is 1.84. The van der Waals surface area contributed by atoms with E-state index in [0.717, 1.165) is 22.5 Å². The minimum Gasteiger partial charge on any atom is -0.310 e. The molecule has 3 aromatic heterocycles. The molecule has 0 saturated heterocycles. The summed E-state index contributed by atoms with van der Waals surface area (Å²) in [4.78, 5) is 8.73. The van der Waals surface area contributed by atoms with Crippen molar-refractivity contribution in [3.8, 4) is 11.1 Å². The maximum absolute atomic E-state index is 4.49. The first-order valence-electron chi connectivity index (χ1n) is 6.55. The van der Waals surface area contributed by atoms with Crippen LogP contribution >= 0.6 is 0 Å². The molecule has 0 aliphatic rings. The van der Waals surface area contributed by atoms with Crippen LogP contribution in [0, 0.1) is 0 Å². The maximum atomic E-state index is 4.49. The zero-order chi connectivity index (χ0) is 14.1. The third-order valence-corrected chi connectivity index (χ3v) is 3.29. The highest BCUT2D eigenvalue weighted by atomic mass is 15.2. The van der Waals surface area contributed by atoms with Gasteiger partial charge in [-0.25, -0.2) is 9.97 Å². The third-order valence-electron chi connectivity index (χ3n) is 3.29. The summed E-state index contributed by atoms with van der Waals surface area (Å²) in [7, 11) is 0. The second-order valence-corrected chi connectivity index (χ2v) is 4.61. The van der Waals surface area contributed by atoms with Gasteiger partial charge in [0.2, 0.25) is 5.95 Å². The molecule has 0 amide bonds. The van der Waals surface area contributed by atoms with E-state index in [2.05, 4.69) is 37.6 Å². The second-order valence-electron chi connectivity index (χ2n) is 4.61. The molecule has 0 fully saturated rings. The topological polar surface area (TPSA) is 70.9 Å². The summed E-state index contributed by atoms with van der Waals surface area (Å²) in [5, 5.41) is 9.95. The Labute approximate surface area is 120 Å². The Hall–Kier alpha value is -3.15. The summed E-state index contributed by atoms with van der Waals surface area (Å²) in [5.74, 6) is 1.47. The van der Waals surface area contributed by atoms with Crippen LogP contribution in [-0.4, -0.2) is 24.6 Å². The van der Waals surface area contributed by atoms with Gasteiger partial charge in [-0.1, -0.05) is 30.3 Å². The fraction of sp³-hybridized carbons (Fsp3) is 0. The van der Waals surface area contributed by atoms with Crippen LogP contribution in [0.5, 0.6) is 0 Å². The standard InChI is InChI=1S/C15H12N6/c1-2-4-11(5-3-1)12-8-17-15(19-14-6-7-18-20-14)21-10-16-9-13(12)21/h1-10H,(H2,17,18,19,20). The van der Waals surface area contributed by atoms with E-state index in [-0.39, 0.29) is 0 Å². The fourth-order valence-corrected chi connectivity index (χ4v) is 2.30.